The number of hydrogen-bond acceptors (Lipinski definition) is 3. The zero-order valence-corrected chi connectivity index (χ0v) is 12.4. The van der Waals surface area contributed by atoms with Crippen LogP contribution < -0.4 is 5.32 Å². The first-order valence-corrected chi connectivity index (χ1v) is 6.66. The molecule has 0 unspecified atom stereocenters. The Hall–Kier alpha value is -1.55. The molecular weight excluding hydrogens is 238 g/mol. The van der Waals surface area contributed by atoms with Crippen molar-refractivity contribution in [2.75, 3.05) is 0 Å². The summed E-state index contributed by atoms with van der Waals surface area (Å²) in [5.74, 6) is 1.96. The number of furan rings is 1. The molecule has 4 nitrogen and oxygen atoms in total. The van der Waals surface area contributed by atoms with Crippen LogP contribution in [0.4, 0.5) is 0 Å². The van der Waals surface area contributed by atoms with Crippen molar-refractivity contribution in [1.82, 2.24) is 15.1 Å². The number of aryl methyl sites for hydroxylation is 2. The van der Waals surface area contributed by atoms with Gasteiger partial charge in [0, 0.05) is 11.7 Å². The molecule has 2 aromatic heterocycles. The van der Waals surface area contributed by atoms with E-state index in [0.717, 1.165) is 23.6 Å². The third-order valence-corrected chi connectivity index (χ3v) is 2.93. The maximum Gasteiger partial charge on any atom is 0.126 e. The van der Waals surface area contributed by atoms with Gasteiger partial charge in [0.25, 0.3) is 0 Å². The highest BCUT2D eigenvalue weighted by molar-refractivity contribution is 5.20. The molecule has 2 aromatic rings. The van der Waals surface area contributed by atoms with Crippen molar-refractivity contribution in [3.05, 3.63) is 41.1 Å². The second-order valence-corrected chi connectivity index (χ2v) is 6.14. The van der Waals surface area contributed by atoms with Crippen LogP contribution >= 0.6 is 0 Å². The second kappa shape index (κ2) is 5.21. The van der Waals surface area contributed by atoms with E-state index >= 15 is 0 Å². The Labute approximate surface area is 114 Å². The summed E-state index contributed by atoms with van der Waals surface area (Å²) in [4.78, 5) is 0. The van der Waals surface area contributed by atoms with Crippen molar-refractivity contribution in [1.29, 1.82) is 0 Å². The summed E-state index contributed by atoms with van der Waals surface area (Å²) in [6.07, 6.45) is 3.88. The summed E-state index contributed by atoms with van der Waals surface area (Å²) in [6, 6.07) is 2.09. The topological polar surface area (TPSA) is 43.0 Å². The molecule has 0 amide bonds. The van der Waals surface area contributed by atoms with E-state index in [-0.39, 0.29) is 5.54 Å². The van der Waals surface area contributed by atoms with Crippen LogP contribution in [0.3, 0.4) is 0 Å². The van der Waals surface area contributed by atoms with E-state index in [2.05, 4.69) is 44.2 Å². The van der Waals surface area contributed by atoms with Gasteiger partial charge in [0.05, 0.1) is 19.3 Å². The smallest absolute Gasteiger partial charge is 0.126 e. The van der Waals surface area contributed by atoms with Gasteiger partial charge < -0.3 is 9.73 Å². The average molecular weight is 261 g/mol. The monoisotopic (exact) mass is 261 g/mol. The lowest BCUT2D eigenvalue weighted by atomic mass is 10.1. The van der Waals surface area contributed by atoms with Gasteiger partial charge in [-0.05, 0) is 51.8 Å². The van der Waals surface area contributed by atoms with Gasteiger partial charge in [-0.25, -0.2) is 0 Å². The first-order chi connectivity index (χ1) is 8.83. The first kappa shape index (κ1) is 13.9. The third kappa shape index (κ3) is 3.96. The number of hydrogen-bond donors (Lipinski definition) is 1. The molecular formula is C15H23N3O. The van der Waals surface area contributed by atoms with E-state index < -0.39 is 0 Å². The Kier molecular flexibility index (Phi) is 3.80. The molecule has 0 aromatic carbocycles. The zero-order valence-electron chi connectivity index (χ0n) is 12.4. The lowest BCUT2D eigenvalue weighted by molar-refractivity contribution is 0.373. The standard InChI is InChI=1S/C15H23N3O/c1-11-7-17-18(9-11)10-13-6-12(2)14(19-13)8-16-15(3,4)5/h6-7,9,16H,8,10H2,1-5H3. The van der Waals surface area contributed by atoms with Crippen molar-refractivity contribution < 1.29 is 4.42 Å². The Morgan fingerprint density at radius 3 is 2.63 bits per heavy atom. The summed E-state index contributed by atoms with van der Waals surface area (Å²) in [7, 11) is 0. The highest BCUT2D eigenvalue weighted by Crippen LogP contribution is 2.16. The molecule has 2 rings (SSSR count). The summed E-state index contributed by atoms with van der Waals surface area (Å²) < 4.78 is 7.80. The van der Waals surface area contributed by atoms with E-state index in [1.54, 1.807) is 0 Å². The predicted octanol–water partition coefficient (Wildman–Crippen LogP) is 3.03. The molecule has 0 saturated carbocycles. The van der Waals surface area contributed by atoms with Gasteiger partial charge in [0.2, 0.25) is 0 Å². The average Bonchev–Trinajstić information content (AvgIpc) is 2.82. The van der Waals surface area contributed by atoms with E-state index in [0.29, 0.717) is 6.54 Å². The maximum absolute atomic E-state index is 5.90. The van der Waals surface area contributed by atoms with Gasteiger partial charge in [-0.15, -0.1) is 0 Å². The quantitative estimate of drug-likeness (QED) is 0.920. The molecule has 0 atom stereocenters. The van der Waals surface area contributed by atoms with E-state index in [4.69, 9.17) is 4.42 Å². The molecule has 4 heteroatoms. The summed E-state index contributed by atoms with van der Waals surface area (Å²) in [5, 5.41) is 7.72. The van der Waals surface area contributed by atoms with Crippen LogP contribution in [0.5, 0.6) is 0 Å². The second-order valence-electron chi connectivity index (χ2n) is 6.14. The highest BCUT2D eigenvalue weighted by Gasteiger charge is 2.13. The van der Waals surface area contributed by atoms with E-state index in [1.807, 2.05) is 24.0 Å². The first-order valence-electron chi connectivity index (χ1n) is 6.66. The van der Waals surface area contributed by atoms with Crippen LogP contribution in [0, 0.1) is 13.8 Å². The van der Waals surface area contributed by atoms with E-state index in [9.17, 15) is 0 Å². The summed E-state index contributed by atoms with van der Waals surface area (Å²) >= 11 is 0. The number of aromatic nitrogens is 2. The largest absolute Gasteiger partial charge is 0.462 e. The van der Waals surface area contributed by atoms with Crippen LogP contribution in [0.1, 0.15) is 43.4 Å². The van der Waals surface area contributed by atoms with Crippen LogP contribution in [0.25, 0.3) is 0 Å². The van der Waals surface area contributed by atoms with Gasteiger partial charge >= 0.3 is 0 Å². The van der Waals surface area contributed by atoms with Crippen molar-refractivity contribution in [2.24, 2.45) is 0 Å². The minimum atomic E-state index is 0.0957. The third-order valence-electron chi connectivity index (χ3n) is 2.93. The summed E-state index contributed by atoms with van der Waals surface area (Å²) in [5.41, 5.74) is 2.45. The van der Waals surface area contributed by atoms with Gasteiger partial charge in [-0.3, -0.25) is 4.68 Å². The Morgan fingerprint density at radius 2 is 2.05 bits per heavy atom. The van der Waals surface area contributed by atoms with Crippen molar-refractivity contribution in [3.63, 3.8) is 0 Å². The Morgan fingerprint density at radius 1 is 1.32 bits per heavy atom. The minimum absolute atomic E-state index is 0.0957. The van der Waals surface area contributed by atoms with Gasteiger partial charge in [-0.2, -0.15) is 5.10 Å². The predicted molar refractivity (Wildman–Crippen MR) is 76.1 cm³/mol. The number of rotatable bonds is 4. The van der Waals surface area contributed by atoms with Crippen molar-refractivity contribution in [3.8, 4) is 0 Å². The molecule has 104 valence electrons. The molecule has 0 bridgehead atoms. The fourth-order valence-electron chi connectivity index (χ4n) is 1.90. The summed E-state index contributed by atoms with van der Waals surface area (Å²) in [6.45, 7) is 12.0. The van der Waals surface area contributed by atoms with Gasteiger partial charge in [0.1, 0.15) is 11.5 Å². The highest BCUT2D eigenvalue weighted by atomic mass is 16.3. The van der Waals surface area contributed by atoms with Crippen molar-refractivity contribution in [2.45, 2.75) is 53.2 Å². The van der Waals surface area contributed by atoms with Crippen molar-refractivity contribution >= 4 is 0 Å². The van der Waals surface area contributed by atoms with E-state index in [1.165, 1.54) is 5.56 Å². The molecule has 0 fully saturated rings. The van der Waals surface area contributed by atoms with Crippen LogP contribution in [-0.4, -0.2) is 15.3 Å². The molecule has 0 aliphatic carbocycles. The Balaban J connectivity index is 2.04. The van der Waals surface area contributed by atoms with Crippen LogP contribution in [0.2, 0.25) is 0 Å². The maximum atomic E-state index is 5.90. The van der Waals surface area contributed by atoms with Gasteiger partial charge in [0.15, 0.2) is 0 Å². The molecule has 0 spiro atoms. The van der Waals surface area contributed by atoms with Crippen LogP contribution in [-0.2, 0) is 13.1 Å². The number of nitrogens with zero attached hydrogens (tertiary/aromatic N) is 2. The lowest BCUT2D eigenvalue weighted by Gasteiger charge is -2.19. The molecule has 1 N–H and O–H groups in total. The lowest BCUT2D eigenvalue weighted by Crippen LogP contribution is -2.35. The fourth-order valence-corrected chi connectivity index (χ4v) is 1.90. The molecule has 0 aliphatic heterocycles. The normalized spacial score (nSPS) is 12.1. The molecule has 0 radical (unpaired) electrons. The molecule has 19 heavy (non-hydrogen) atoms. The van der Waals surface area contributed by atoms with Crippen LogP contribution in [0.15, 0.2) is 22.9 Å². The molecule has 2 heterocycles. The molecule has 0 saturated heterocycles. The SMILES string of the molecule is Cc1cnn(Cc2cc(C)c(CNC(C)(C)C)o2)c1. The Bertz CT molecular complexity index is 546. The molecule has 0 aliphatic rings. The fraction of sp³-hybridized carbons (Fsp3) is 0.533. The minimum Gasteiger partial charge on any atom is -0.462 e. The zero-order chi connectivity index (χ0) is 14.0. The van der Waals surface area contributed by atoms with Gasteiger partial charge in [-0.1, -0.05) is 0 Å². The number of nitrogens with one attached hydrogen (secondary N) is 1.